The van der Waals surface area contributed by atoms with Crippen LogP contribution in [0, 0.1) is 0 Å². The molecule has 0 spiro atoms. The molecule has 0 bridgehead atoms. The third kappa shape index (κ3) is 3.63. The van der Waals surface area contributed by atoms with Crippen LogP contribution in [-0.4, -0.2) is 64.5 Å². The maximum absolute atomic E-state index is 12.6. The Morgan fingerprint density at radius 1 is 1.21 bits per heavy atom. The van der Waals surface area contributed by atoms with Crippen LogP contribution in [0.3, 0.4) is 0 Å². The van der Waals surface area contributed by atoms with Gasteiger partial charge in [-0.2, -0.15) is 4.98 Å². The van der Waals surface area contributed by atoms with E-state index in [0.29, 0.717) is 24.4 Å². The van der Waals surface area contributed by atoms with Crippen LogP contribution in [0.5, 0.6) is 0 Å². The second-order valence-corrected chi connectivity index (χ2v) is 6.92. The van der Waals surface area contributed by atoms with Gasteiger partial charge in [-0.05, 0) is 25.1 Å². The van der Waals surface area contributed by atoms with Crippen molar-refractivity contribution in [1.29, 1.82) is 0 Å². The molecule has 1 unspecified atom stereocenters. The van der Waals surface area contributed by atoms with E-state index in [0.717, 1.165) is 37.4 Å². The lowest BCUT2D eigenvalue weighted by molar-refractivity contribution is 0.164. The number of aromatic nitrogens is 4. The molecule has 1 aromatic carbocycles. The zero-order valence-corrected chi connectivity index (χ0v) is 16.1. The van der Waals surface area contributed by atoms with Crippen LogP contribution >= 0.6 is 0 Å². The van der Waals surface area contributed by atoms with Crippen molar-refractivity contribution in [1.82, 2.24) is 24.6 Å². The standard InChI is InChI=1S/C19H24N6O3/c1-14(18-20-12-22-28-18)23-5-7-24(8-6-23)15-3-4-16-17(11-15)21-13-25(19(16)26)9-10-27-2/h3-4,11-14H,5-10H2,1-2H3. The summed E-state index contributed by atoms with van der Waals surface area (Å²) in [6, 6.07) is 5.97. The highest BCUT2D eigenvalue weighted by Crippen LogP contribution is 2.24. The van der Waals surface area contributed by atoms with Crippen LogP contribution in [0.4, 0.5) is 5.69 Å². The minimum absolute atomic E-state index is 0.0354. The molecule has 3 heterocycles. The average Bonchev–Trinajstić information content (AvgIpc) is 3.27. The first-order chi connectivity index (χ1) is 13.7. The molecule has 1 fully saturated rings. The van der Waals surface area contributed by atoms with E-state index in [4.69, 9.17) is 9.26 Å². The molecule has 9 nitrogen and oxygen atoms in total. The molecular weight excluding hydrogens is 360 g/mol. The summed E-state index contributed by atoms with van der Waals surface area (Å²) in [4.78, 5) is 25.9. The molecule has 2 aromatic heterocycles. The summed E-state index contributed by atoms with van der Waals surface area (Å²) in [5.41, 5.74) is 1.77. The summed E-state index contributed by atoms with van der Waals surface area (Å²) >= 11 is 0. The number of anilines is 1. The first kappa shape index (κ1) is 18.6. The van der Waals surface area contributed by atoms with Crippen molar-refractivity contribution in [2.24, 2.45) is 0 Å². The van der Waals surface area contributed by atoms with Crippen LogP contribution in [0.15, 0.2) is 40.2 Å². The van der Waals surface area contributed by atoms with E-state index in [1.807, 2.05) is 18.2 Å². The molecule has 4 rings (SSSR count). The molecule has 0 aliphatic carbocycles. The number of rotatable bonds is 6. The van der Waals surface area contributed by atoms with E-state index in [1.165, 1.54) is 6.33 Å². The van der Waals surface area contributed by atoms with Crippen molar-refractivity contribution >= 4 is 16.6 Å². The Kier molecular flexibility index (Phi) is 5.36. The lowest BCUT2D eigenvalue weighted by Gasteiger charge is -2.38. The lowest BCUT2D eigenvalue weighted by atomic mass is 10.1. The van der Waals surface area contributed by atoms with Gasteiger partial charge in [0.05, 0.1) is 36.4 Å². The Hall–Kier alpha value is -2.78. The predicted molar refractivity (Wildman–Crippen MR) is 104 cm³/mol. The second-order valence-electron chi connectivity index (χ2n) is 6.92. The SMILES string of the molecule is COCCn1cnc2cc(N3CCN(C(C)c4ncno4)CC3)ccc2c1=O. The first-order valence-corrected chi connectivity index (χ1v) is 9.41. The summed E-state index contributed by atoms with van der Waals surface area (Å²) in [6.07, 6.45) is 3.03. The molecule has 1 saturated heterocycles. The van der Waals surface area contributed by atoms with E-state index < -0.39 is 0 Å². The Morgan fingerprint density at radius 3 is 2.75 bits per heavy atom. The number of benzene rings is 1. The number of nitrogens with zero attached hydrogens (tertiary/aromatic N) is 6. The van der Waals surface area contributed by atoms with E-state index in [2.05, 4.69) is 31.8 Å². The maximum atomic E-state index is 12.6. The van der Waals surface area contributed by atoms with Gasteiger partial charge in [0.25, 0.3) is 5.56 Å². The highest BCUT2D eigenvalue weighted by molar-refractivity contribution is 5.81. The van der Waals surface area contributed by atoms with Gasteiger partial charge in [-0.25, -0.2) is 4.98 Å². The van der Waals surface area contributed by atoms with Gasteiger partial charge in [0, 0.05) is 39.0 Å². The highest BCUT2D eigenvalue weighted by atomic mass is 16.5. The average molecular weight is 384 g/mol. The van der Waals surface area contributed by atoms with Gasteiger partial charge in [0.2, 0.25) is 5.89 Å². The van der Waals surface area contributed by atoms with Crippen LogP contribution < -0.4 is 10.5 Å². The summed E-state index contributed by atoms with van der Waals surface area (Å²) in [6.45, 7) is 6.63. The van der Waals surface area contributed by atoms with Gasteiger partial charge in [-0.3, -0.25) is 14.3 Å². The van der Waals surface area contributed by atoms with Gasteiger partial charge < -0.3 is 14.2 Å². The van der Waals surface area contributed by atoms with Crippen molar-refractivity contribution in [2.45, 2.75) is 19.5 Å². The summed E-state index contributed by atoms with van der Waals surface area (Å²) < 4.78 is 11.8. The van der Waals surface area contributed by atoms with Gasteiger partial charge in [-0.1, -0.05) is 5.16 Å². The maximum Gasteiger partial charge on any atom is 0.261 e. The zero-order chi connectivity index (χ0) is 19.5. The van der Waals surface area contributed by atoms with E-state index in [9.17, 15) is 4.79 Å². The Bertz CT molecular complexity index is 979. The summed E-state index contributed by atoms with van der Waals surface area (Å²) in [5, 5.41) is 4.33. The molecule has 9 heteroatoms. The normalized spacial score (nSPS) is 16.6. The van der Waals surface area contributed by atoms with E-state index in [-0.39, 0.29) is 11.6 Å². The predicted octanol–water partition coefficient (Wildman–Crippen LogP) is 1.31. The third-order valence-electron chi connectivity index (χ3n) is 5.31. The van der Waals surface area contributed by atoms with Crippen LogP contribution in [-0.2, 0) is 11.3 Å². The highest BCUT2D eigenvalue weighted by Gasteiger charge is 2.25. The van der Waals surface area contributed by atoms with Gasteiger partial charge >= 0.3 is 0 Å². The van der Waals surface area contributed by atoms with Crippen molar-refractivity contribution in [3.8, 4) is 0 Å². The topological polar surface area (TPSA) is 89.5 Å². The Labute approximate surface area is 162 Å². The molecule has 1 atom stereocenters. The van der Waals surface area contributed by atoms with E-state index >= 15 is 0 Å². The fourth-order valence-electron chi connectivity index (χ4n) is 3.58. The van der Waals surface area contributed by atoms with Gasteiger partial charge in [0.15, 0.2) is 6.33 Å². The van der Waals surface area contributed by atoms with Gasteiger partial charge in [0.1, 0.15) is 0 Å². The summed E-state index contributed by atoms with van der Waals surface area (Å²) in [5.74, 6) is 0.646. The molecule has 1 aliphatic heterocycles. The molecular formula is C19H24N6O3. The number of ether oxygens (including phenoxy) is 1. The van der Waals surface area contributed by atoms with Gasteiger partial charge in [-0.15, -0.1) is 0 Å². The number of hydrogen-bond donors (Lipinski definition) is 0. The number of hydrogen-bond acceptors (Lipinski definition) is 8. The molecule has 0 radical (unpaired) electrons. The zero-order valence-electron chi connectivity index (χ0n) is 16.1. The summed E-state index contributed by atoms with van der Waals surface area (Å²) in [7, 11) is 1.62. The monoisotopic (exact) mass is 384 g/mol. The fourth-order valence-corrected chi connectivity index (χ4v) is 3.58. The molecule has 148 valence electrons. The number of piperazine rings is 1. The third-order valence-corrected chi connectivity index (χ3v) is 5.31. The van der Waals surface area contributed by atoms with Crippen molar-refractivity contribution in [3.63, 3.8) is 0 Å². The van der Waals surface area contributed by atoms with Crippen molar-refractivity contribution in [2.75, 3.05) is 44.8 Å². The van der Waals surface area contributed by atoms with E-state index in [1.54, 1.807) is 18.0 Å². The Balaban J connectivity index is 1.47. The molecule has 28 heavy (non-hydrogen) atoms. The first-order valence-electron chi connectivity index (χ1n) is 9.41. The van der Waals surface area contributed by atoms with Crippen LogP contribution in [0.1, 0.15) is 18.9 Å². The lowest BCUT2D eigenvalue weighted by Crippen LogP contribution is -2.47. The fraction of sp³-hybridized carbons (Fsp3) is 0.474. The molecule has 0 N–H and O–H groups in total. The van der Waals surface area contributed by atoms with Crippen LogP contribution in [0.2, 0.25) is 0 Å². The molecule has 0 saturated carbocycles. The Morgan fingerprint density at radius 2 is 2.04 bits per heavy atom. The largest absolute Gasteiger partial charge is 0.383 e. The van der Waals surface area contributed by atoms with Crippen LogP contribution in [0.25, 0.3) is 10.9 Å². The molecule has 0 amide bonds. The molecule has 3 aromatic rings. The van der Waals surface area contributed by atoms with Crippen molar-refractivity contribution in [3.05, 3.63) is 47.1 Å². The minimum atomic E-state index is -0.0354. The second kappa shape index (κ2) is 8.07. The smallest absolute Gasteiger partial charge is 0.261 e. The quantitative estimate of drug-likeness (QED) is 0.628. The number of methoxy groups -OCH3 is 1. The minimum Gasteiger partial charge on any atom is -0.383 e. The van der Waals surface area contributed by atoms with Crippen molar-refractivity contribution < 1.29 is 9.26 Å². The molecule has 1 aliphatic rings. The number of fused-ring (bicyclic) bond motifs is 1.